The second-order valence-electron chi connectivity index (χ2n) is 8.67. The SMILES string of the molecule is COc1cccc(C(=O)N(CC(=O)N2CCc3sccc3C2COc2ccccc2)C2CC2)c1. The number of nitrogens with zero attached hydrogens (tertiary/aromatic N) is 2. The molecule has 0 bridgehead atoms. The molecular weight excluding hydrogens is 448 g/mol. The third kappa shape index (κ3) is 4.80. The van der Waals surface area contributed by atoms with Gasteiger partial charge in [-0.05, 0) is 66.6 Å². The molecule has 1 aromatic heterocycles. The van der Waals surface area contributed by atoms with E-state index in [0.29, 0.717) is 24.5 Å². The molecule has 1 aliphatic carbocycles. The lowest BCUT2D eigenvalue weighted by molar-refractivity contribution is -0.135. The van der Waals surface area contributed by atoms with Crippen LogP contribution in [0.15, 0.2) is 66.0 Å². The molecule has 2 amide bonds. The van der Waals surface area contributed by atoms with E-state index in [1.165, 1.54) is 4.88 Å². The average molecular weight is 477 g/mol. The molecule has 1 atom stereocenters. The van der Waals surface area contributed by atoms with Crippen molar-refractivity contribution in [2.24, 2.45) is 0 Å². The van der Waals surface area contributed by atoms with Crippen molar-refractivity contribution in [1.29, 1.82) is 0 Å². The second-order valence-corrected chi connectivity index (χ2v) is 9.67. The molecule has 2 aromatic carbocycles. The number of rotatable bonds is 8. The molecule has 0 saturated heterocycles. The van der Waals surface area contributed by atoms with Gasteiger partial charge in [0.1, 0.15) is 24.7 Å². The van der Waals surface area contributed by atoms with E-state index in [4.69, 9.17) is 9.47 Å². The zero-order valence-electron chi connectivity index (χ0n) is 19.2. The van der Waals surface area contributed by atoms with E-state index < -0.39 is 0 Å². The van der Waals surface area contributed by atoms with E-state index in [-0.39, 0.29) is 30.4 Å². The number of hydrogen-bond acceptors (Lipinski definition) is 5. The van der Waals surface area contributed by atoms with Crippen molar-refractivity contribution in [3.63, 3.8) is 0 Å². The first-order valence-electron chi connectivity index (χ1n) is 11.6. The third-order valence-electron chi connectivity index (χ3n) is 6.44. The Balaban J connectivity index is 1.34. The van der Waals surface area contributed by atoms with Crippen LogP contribution < -0.4 is 9.47 Å². The van der Waals surface area contributed by atoms with E-state index in [9.17, 15) is 9.59 Å². The summed E-state index contributed by atoms with van der Waals surface area (Å²) in [5.41, 5.74) is 1.69. The van der Waals surface area contributed by atoms with Crippen molar-refractivity contribution < 1.29 is 19.1 Å². The lowest BCUT2D eigenvalue weighted by atomic mass is 10.0. The van der Waals surface area contributed by atoms with E-state index in [0.717, 1.165) is 30.6 Å². The maximum Gasteiger partial charge on any atom is 0.254 e. The van der Waals surface area contributed by atoms with Gasteiger partial charge in [0, 0.05) is 23.0 Å². The maximum absolute atomic E-state index is 13.6. The zero-order valence-corrected chi connectivity index (χ0v) is 20.0. The van der Waals surface area contributed by atoms with Crippen LogP contribution in [0, 0.1) is 0 Å². The molecule has 1 saturated carbocycles. The van der Waals surface area contributed by atoms with Gasteiger partial charge in [-0.25, -0.2) is 0 Å². The summed E-state index contributed by atoms with van der Waals surface area (Å²) in [4.78, 5) is 31.9. The molecule has 1 fully saturated rings. The Hall–Kier alpha value is -3.32. The molecule has 6 nitrogen and oxygen atoms in total. The van der Waals surface area contributed by atoms with Gasteiger partial charge in [-0.2, -0.15) is 0 Å². The van der Waals surface area contributed by atoms with Crippen LogP contribution in [-0.4, -0.2) is 54.5 Å². The zero-order chi connectivity index (χ0) is 23.5. The summed E-state index contributed by atoms with van der Waals surface area (Å²) < 4.78 is 11.4. The van der Waals surface area contributed by atoms with Crippen LogP contribution in [0.25, 0.3) is 0 Å². The minimum Gasteiger partial charge on any atom is -0.497 e. The van der Waals surface area contributed by atoms with Gasteiger partial charge < -0.3 is 19.3 Å². The first-order chi connectivity index (χ1) is 16.6. The van der Waals surface area contributed by atoms with E-state index >= 15 is 0 Å². The molecule has 0 N–H and O–H groups in total. The molecule has 2 heterocycles. The highest BCUT2D eigenvalue weighted by atomic mass is 32.1. The summed E-state index contributed by atoms with van der Waals surface area (Å²) in [7, 11) is 1.58. The van der Waals surface area contributed by atoms with Crippen molar-refractivity contribution in [2.75, 3.05) is 26.8 Å². The highest BCUT2D eigenvalue weighted by Gasteiger charge is 2.38. The van der Waals surface area contributed by atoms with Gasteiger partial charge in [0.05, 0.1) is 13.2 Å². The van der Waals surface area contributed by atoms with Crippen molar-refractivity contribution in [1.82, 2.24) is 9.80 Å². The Labute approximate surface area is 203 Å². The molecule has 0 spiro atoms. The fourth-order valence-electron chi connectivity index (χ4n) is 4.48. The smallest absolute Gasteiger partial charge is 0.254 e. The minimum atomic E-state index is -0.171. The van der Waals surface area contributed by atoms with Crippen molar-refractivity contribution >= 4 is 23.2 Å². The van der Waals surface area contributed by atoms with Crippen LogP contribution in [0.5, 0.6) is 11.5 Å². The summed E-state index contributed by atoms with van der Waals surface area (Å²) in [6.45, 7) is 1.08. The normalized spacial score (nSPS) is 17.1. The molecule has 34 heavy (non-hydrogen) atoms. The summed E-state index contributed by atoms with van der Waals surface area (Å²) in [6.07, 6.45) is 2.68. The van der Waals surface area contributed by atoms with Gasteiger partial charge >= 0.3 is 0 Å². The fraction of sp³-hybridized carbons (Fsp3) is 0.333. The highest BCUT2D eigenvalue weighted by molar-refractivity contribution is 7.10. The first-order valence-corrected chi connectivity index (χ1v) is 12.5. The van der Waals surface area contributed by atoms with Gasteiger partial charge in [-0.15, -0.1) is 11.3 Å². The van der Waals surface area contributed by atoms with Crippen molar-refractivity contribution in [3.05, 3.63) is 82.0 Å². The van der Waals surface area contributed by atoms with Gasteiger partial charge in [0.15, 0.2) is 0 Å². The van der Waals surface area contributed by atoms with Gasteiger partial charge in [0.25, 0.3) is 5.91 Å². The molecule has 2 aliphatic rings. The van der Waals surface area contributed by atoms with Crippen molar-refractivity contribution in [2.45, 2.75) is 31.3 Å². The largest absolute Gasteiger partial charge is 0.497 e. The van der Waals surface area contributed by atoms with Gasteiger partial charge in [-0.3, -0.25) is 9.59 Å². The lowest BCUT2D eigenvalue weighted by Gasteiger charge is -2.37. The molecule has 7 heteroatoms. The van der Waals surface area contributed by atoms with E-state index in [2.05, 4.69) is 11.4 Å². The second kappa shape index (κ2) is 9.89. The predicted octanol–water partition coefficient (Wildman–Crippen LogP) is 4.57. The molecule has 176 valence electrons. The number of carbonyl (C=O) groups excluding carboxylic acids is 2. The standard InChI is InChI=1S/C27H28N2O4S/c1-32-22-9-5-6-19(16-22)27(31)29(20-10-11-20)17-26(30)28-14-12-25-23(13-15-34-25)24(28)18-33-21-7-3-2-4-8-21/h2-9,13,15-16,20,24H,10-12,14,17-18H2,1H3. The number of fused-ring (bicyclic) bond motifs is 1. The third-order valence-corrected chi connectivity index (χ3v) is 7.43. The Morgan fingerprint density at radius 3 is 2.62 bits per heavy atom. The Morgan fingerprint density at radius 1 is 1.06 bits per heavy atom. The number of benzene rings is 2. The number of hydrogen-bond donors (Lipinski definition) is 0. The van der Waals surface area contributed by atoms with Gasteiger partial charge in [0.2, 0.25) is 5.91 Å². The van der Waals surface area contributed by atoms with Crippen LogP contribution in [0.2, 0.25) is 0 Å². The number of thiophene rings is 1. The quantitative estimate of drug-likeness (QED) is 0.478. The lowest BCUT2D eigenvalue weighted by Crippen LogP contribution is -2.48. The van der Waals surface area contributed by atoms with Crippen LogP contribution in [0.4, 0.5) is 0 Å². The monoisotopic (exact) mass is 476 g/mol. The van der Waals surface area contributed by atoms with Crippen LogP contribution in [0.3, 0.4) is 0 Å². The molecule has 0 radical (unpaired) electrons. The highest BCUT2D eigenvalue weighted by Crippen LogP contribution is 2.35. The number of para-hydroxylation sites is 1. The fourth-order valence-corrected chi connectivity index (χ4v) is 5.41. The number of ether oxygens (including phenoxy) is 2. The minimum absolute atomic E-state index is 0.0401. The van der Waals surface area contributed by atoms with Gasteiger partial charge in [-0.1, -0.05) is 24.3 Å². The van der Waals surface area contributed by atoms with Crippen LogP contribution in [-0.2, 0) is 11.2 Å². The molecular formula is C27H28N2O4S. The molecule has 3 aromatic rings. The van der Waals surface area contributed by atoms with E-state index in [1.807, 2.05) is 41.3 Å². The summed E-state index contributed by atoms with van der Waals surface area (Å²) in [5.74, 6) is 1.25. The van der Waals surface area contributed by atoms with E-state index in [1.54, 1.807) is 41.5 Å². The predicted molar refractivity (Wildman–Crippen MR) is 131 cm³/mol. The summed E-state index contributed by atoms with van der Waals surface area (Å²) >= 11 is 1.73. The number of carbonyl (C=O) groups is 2. The average Bonchev–Trinajstić information content (AvgIpc) is 3.61. The Kier molecular flexibility index (Phi) is 6.54. The Morgan fingerprint density at radius 2 is 1.85 bits per heavy atom. The van der Waals surface area contributed by atoms with Crippen LogP contribution in [0.1, 0.15) is 39.7 Å². The molecule has 5 rings (SSSR count). The number of methoxy groups -OCH3 is 1. The molecule has 1 unspecified atom stereocenters. The Bertz CT molecular complexity index is 1160. The number of amides is 2. The topological polar surface area (TPSA) is 59.1 Å². The van der Waals surface area contributed by atoms with Crippen molar-refractivity contribution in [3.8, 4) is 11.5 Å². The first kappa shape index (κ1) is 22.5. The summed E-state index contributed by atoms with van der Waals surface area (Å²) in [5, 5.41) is 2.08. The maximum atomic E-state index is 13.6. The van der Waals surface area contributed by atoms with Crippen LogP contribution >= 0.6 is 11.3 Å². The molecule has 1 aliphatic heterocycles. The summed E-state index contributed by atoms with van der Waals surface area (Å²) in [6, 6.07) is 18.8.